The van der Waals surface area contributed by atoms with E-state index in [1.54, 1.807) is 0 Å². The van der Waals surface area contributed by atoms with Gasteiger partial charge in [0.15, 0.2) is 0 Å². The Morgan fingerprint density at radius 1 is 1.00 bits per heavy atom. The molecule has 0 aliphatic carbocycles. The van der Waals surface area contributed by atoms with Crippen LogP contribution in [0.5, 0.6) is 0 Å². The van der Waals surface area contributed by atoms with Gasteiger partial charge in [-0.3, -0.25) is 0 Å². The van der Waals surface area contributed by atoms with E-state index in [2.05, 4.69) is 30.4 Å². The molecule has 0 spiro atoms. The van der Waals surface area contributed by atoms with Crippen LogP contribution in [0.2, 0.25) is 0 Å². The Morgan fingerprint density at radius 2 is 1.78 bits per heavy atom. The molecule has 0 atom stereocenters. The molecule has 2 nitrogen and oxygen atoms in total. The third-order valence-electron chi connectivity index (χ3n) is 3.23. The number of aryl methyl sites for hydroxylation is 1. The highest BCUT2D eigenvalue weighted by Gasteiger charge is 2.00. The van der Waals surface area contributed by atoms with Crippen molar-refractivity contribution in [1.82, 2.24) is 9.78 Å². The van der Waals surface area contributed by atoms with Crippen LogP contribution in [0.1, 0.15) is 44.6 Å². The summed E-state index contributed by atoms with van der Waals surface area (Å²) in [5.41, 5.74) is 2.48. The number of aromatic nitrogens is 2. The molecule has 0 amide bonds. The van der Waals surface area contributed by atoms with Crippen molar-refractivity contribution >= 4 is 0 Å². The van der Waals surface area contributed by atoms with Crippen molar-refractivity contribution in [3.63, 3.8) is 0 Å². The summed E-state index contributed by atoms with van der Waals surface area (Å²) in [5, 5.41) is 4.42. The van der Waals surface area contributed by atoms with Gasteiger partial charge < -0.3 is 0 Å². The van der Waals surface area contributed by atoms with Gasteiger partial charge >= 0.3 is 0 Å². The van der Waals surface area contributed by atoms with Crippen LogP contribution < -0.4 is 0 Å². The van der Waals surface area contributed by atoms with Crippen molar-refractivity contribution < 1.29 is 0 Å². The Bertz CT molecular complexity index is 445. The van der Waals surface area contributed by atoms with Gasteiger partial charge in [0.25, 0.3) is 0 Å². The van der Waals surface area contributed by atoms with E-state index in [-0.39, 0.29) is 0 Å². The third-order valence-corrected chi connectivity index (χ3v) is 3.23. The van der Waals surface area contributed by atoms with Crippen LogP contribution in [-0.2, 0) is 6.42 Å². The second-order valence-corrected chi connectivity index (χ2v) is 4.79. The summed E-state index contributed by atoms with van der Waals surface area (Å²) in [6.45, 7) is 2.25. The highest BCUT2D eigenvalue weighted by molar-refractivity contribution is 5.30. The predicted molar refractivity (Wildman–Crippen MR) is 76.0 cm³/mol. The van der Waals surface area contributed by atoms with Crippen molar-refractivity contribution in [3.05, 3.63) is 48.3 Å². The molecule has 0 saturated carbocycles. The lowest BCUT2D eigenvalue weighted by Crippen LogP contribution is -1.92. The first-order chi connectivity index (χ1) is 8.90. The van der Waals surface area contributed by atoms with Crippen molar-refractivity contribution in [3.8, 4) is 5.69 Å². The maximum atomic E-state index is 4.42. The third kappa shape index (κ3) is 3.73. The zero-order valence-corrected chi connectivity index (χ0v) is 11.2. The molecule has 0 bridgehead atoms. The fraction of sp³-hybridized carbons (Fsp3) is 0.438. The second kappa shape index (κ2) is 7.00. The van der Waals surface area contributed by atoms with Crippen LogP contribution in [0, 0.1) is 0 Å². The molecule has 0 unspecified atom stereocenters. The summed E-state index contributed by atoms with van der Waals surface area (Å²) >= 11 is 0. The van der Waals surface area contributed by atoms with Gasteiger partial charge in [0.1, 0.15) is 0 Å². The zero-order valence-electron chi connectivity index (χ0n) is 11.2. The highest BCUT2D eigenvalue weighted by atomic mass is 15.3. The average Bonchev–Trinajstić information content (AvgIpc) is 2.88. The van der Waals surface area contributed by atoms with E-state index in [1.165, 1.54) is 37.7 Å². The smallest absolute Gasteiger partial charge is 0.0645 e. The molecule has 18 heavy (non-hydrogen) atoms. The van der Waals surface area contributed by atoms with Crippen LogP contribution in [0.4, 0.5) is 0 Å². The normalized spacial score (nSPS) is 10.7. The van der Waals surface area contributed by atoms with E-state index in [4.69, 9.17) is 0 Å². The zero-order chi connectivity index (χ0) is 12.6. The van der Waals surface area contributed by atoms with Gasteiger partial charge in [-0.05, 0) is 30.5 Å². The first-order valence-corrected chi connectivity index (χ1v) is 6.99. The molecule has 0 radical (unpaired) electrons. The number of hydrogen-bond acceptors (Lipinski definition) is 1. The molecule has 0 saturated heterocycles. The van der Waals surface area contributed by atoms with E-state index in [1.807, 2.05) is 29.1 Å². The lowest BCUT2D eigenvalue weighted by Gasteiger charge is -2.00. The summed E-state index contributed by atoms with van der Waals surface area (Å²) in [7, 11) is 0. The summed E-state index contributed by atoms with van der Waals surface area (Å²) in [6, 6.07) is 10.3. The Hall–Kier alpha value is -1.57. The number of nitrogens with zero attached hydrogens (tertiary/aromatic N) is 2. The molecule has 0 aliphatic heterocycles. The SMILES string of the molecule is CCCCCCCc1cnn(-c2ccccc2)c1. The first-order valence-electron chi connectivity index (χ1n) is 6.99. The Labute approximate surface area is 110 Å². The average molecular weight is 242 g/mol. The molecule has 2 rings (SSSR count). The number of rotatable bonds is 7. The van der Waals surface area contributed by atoms with E-state index in [0.29, 0.717) is 0 Å². The Balaban J connectivity index is 1.83. The molecule has 0 fully saturated rings. The molecule has 1 aromatic carbocycles. The lowest BCUT2D eigenvalue weighted by molar-refractivity contribution is 0.632. The molecule has 1 aromatic heterocycles. The summed E-state index contributed by atoms with van der Waals surface area (Å²) < 4.78 is 1.96. The van der Waals surface area contributed by atoms with Crippen molar-refractivity contribution in [2.24, 2.45) is 0 Å². The van der Waals surface area contributed by atoms with Crippen LogP contribution in [0.15, 0.2) is 42.7 Å². The Morgan fingerprint density at radius 3 is 2.56 bits per heavy atom. The van der Waals surface area contributed by atoms with Crippen molar-refractivity contribution in [2.75, 3.05) is 0 Å². The fourth-order valence-corrected chi connectivity index (χ4v) is 2.14. The second-order valence-electron chi connectivity index (χ2n) is 4.79. The minimum atomic E-state index is 1.13. The predicted octanol–water partition coefficient (Wildman–Crippen LogP) is 4.39. The van der Waals surface area contributed by atoms with Crippen molar-refractivity contribution in [2.45, 2.75) is 45.4 Å². The number of benzene rings is 1. The standard InChI is InChI=1S/C16H22N2/c1-2-3-4-5-7-10-15-13-17-18(14-15)16-11-8-6-9-12-16/h6,8-9,11-14H,2-5,7,10H2,1H3. The monoisotopic (exact) mass is 242 g/mol. The van der Waals surface area contributed by atoms with Gasteiger partial charge in [-0.15, -0.1) is 0 Å². The quantitative estimate of drug-likeness (QED) is 0.659. The Kier molecular flexibility index (Phi) is 5.00. The summed E-state index contributed by atoms with van der Waals surface area (Å²) in [6.07, 6.45) is 11.9. The molecule has 96 valence electrons. The molecule has 2 heteroatoms. The minimum absolute atomic E-state index is 1.13. The number of unbranched alkanes of at least 4 members (excludes halogenated alkanes) is 4. The number of para-hydroxylation sites is 1. The van der Waals surface area contributed by atoms with Gasteiger partial charge in [0, 0.05) is 6.20 Å². The molecule has 2 aromatic rings. The molecule has 1 heterocycles. The van der Waals surface area contributed by atoms with E-state index in [9.17, 15) is 0 Å². The number of hydrogen-bond donors (Lipinski definition) is 0. The van der Waals surface area contributed by atoms with Crippen LogP contribution >= 0.6 is 0 Å². The van der Waals surface area contributed by atoms with Gasteiger partial charge in [0.2, 0.25) is 0 Å². The molecule has 0 aliphatic rings. The summed E-state index contributed by atoms with van der Waals surface area (Å²) in [4.78, 5) is 0. The fourth-order valence-electron chi connectivity index (χ4n) is 2.14. The largest absolute Gasteiger partial charge is 0.241 e. The molecule has 0 N–H and O–H groups in total. The first kappa shape index (κ1) is 12.9. The summed E-state index contributed by atoms with van der Waals surface area (Å²) in [5.74, 6) is 0. The lowest BCUT2D eigenvalue weighted by atomic mass is 10.1. The van der Waals surface area contributed by atoms with E-state index < -0.39 is 0 Å². The molecular weight excluding hydrogens is 220 g/mol. The maximum absolute atomic E-state index is 4.42. The van der Waals surface area contributed by atoms with Gasteiger partial charge in [-0.2, -0.15) is 5.10 Å². The van der Waals surface area contributed by atoms with Crippen LogP contribution in [-0.4, -0.2) is 9.78 Å². The maximum Gasteiger partial charge on any atom is 0.0645 e. The highest BCUT2D eigenvalue weighted by Crippen LogP contribution is 2.11. The topological polar surface area (TPSA) is 17.8 Å². The van der Waals surface area contributed by atoms with Crippen LogP contribution in [0.3, 0.4) is 0 Å². The van der Waals surface area contributed by atoms with Gasteiger partial charge in [0.05, 0.1) is 11.9 Å². The van der Waals surface area contributed by atoms with Gasteiger partial charge in [-0.1, -0.05) is 50.8 Å². The van der Waals surface area contributed by atoms with E-state index >= 15 is 0 Å². The molecular formula is C16H22N2. The van der Waals surface area contributed by atoms with Crippen molar-refractivity contribution in [1.29, 1.82) is 0 Å². The van der Waals surface area contributed by atoms with Crippen LogP contribution in [0.25, 0.3) is 5.69 Å². The van der Waals surface area contributed by atoms with E-state index in [0.717, 1.165) is 12.1 Å². The van der Waals surface area contributed by atoms with Gasteiger partial charge in [-0.25, -0.2) is 4.68 Å². The minimum Gasteiger partial charge on any atom is -0.241 e.